The minimum atomic E-state index is 0.624. The smallest absolute Gasteiger partial charge is 0.164 e. The SMILES string of the molecule is c1ccc(-c2cc(-c3ccc(-c4cccc5c4nc(-c4ccccc4)c4cccc(-c6cccnc6)c45)cc3)nc(-c3ccccc3)n2)cc1.c1ccc(-c2nc(-c3ccccc3)nc(-c3ccc(-c4cccc5c4nc(-c4ccccc4)c4cccc(-c6cccnc6)c45)cc3)n2)cc1.c1ccc(-c2nc3c(-c4ccc(-c5cc(-c6ccccn6)nc(-c6ccccn6)c5)cc4)cccc3c3c(-c4cccnc4)cccc23)cc1. The molecule has 0 radical (unpaired) electrons. The van der Waals surface area contributed by atoms with Crippen molar-refractivity contribution >= 4 is 65.0 Å². The zero-order chi connectivity index (χ0) is 99.8. The lowest BCUT2D eigenvalue weighted by Crippen LogP contribution is -2.00. The lowest BCUT2D eigenvalue weighted by atomic mass is 9.91. The van der Waals surface area contributed by atoms with Gasteiger partial charge in [-0.25, -0.2) is 44.9 Å². The zero-order valence-electron chi connectivity index (χ0n) is 81.1. The first kappa shape index (κ1) is 90.8. The van der Waals surface area contributed by atoms with Gasteiger partial charge in [-0.15, -0.1) is 0 Å². The standard InChI is InChI=1S/C46H30N4.2C45H29N5/c1-4-13-32(14-5-1)41-29-42(49-46(48-41)35-17-8-3-9-18-35)33-26-24-31(25-27-33)38-21-11-23-40-43-37(36-19-12-28-47-30-36)20-10-22-39(43)44(50-45(38)40)34-15-6-2-7-16-34;1-4-13-31(14-5-1)41-38-22-10-20-36(35-19-12-28-46-29-35)40(38)39-23-11-21-37(42(39)47-41)30-24-26-34(27-25-30)45-49-43(32-15-6-2-7-16-32)48-44(50-45)33-17-8-3-9-18-33;1-2-11-32(12-3-1)44-37-16-8-14-35(33-13-10-24-46-29-33)43(37)38-17-9-15-36(45(38)50-44)31-22-20-30(21-23-31)34-27-41(39-18-4-6-25-47-39)49-42(28-34)40-19-5-7-26-48-40/h1-30H;2*1-29H. The largest absolute Gasteiger partial charge is 0.264 e. The van der Waals surface area contributed by atoms with Crippen molar-refractivity contribution in [2.24, 2.45) is 0 Å². The van der Waals surface area contributed by atoms with Gasteiger partial charge in [0.25, 0.3) is 0 Å². The maximum Gasteiger partial charge on any atom is 0.164 e. The minimum Gasteiger partial charge on any atom is -0.264 e. The highest BCUT2D eigenvalue weighted by Crippen LogP contribution is 2.48. The molecular weight excluding hydrogens is 1830 g/mol. The molecule has 0 saturated heterocycles. The summed E-state index contributed by atoms with van der Waals surface area (Å²) >= 11 is 0. The van der Waals surface area contributed by atoms with Crippen molar-refractivity contribution in [3.63, 3.8) is 0 Å². The summed E-state index contributed by atoms with van der Waals surface area (Å²) in [6, 6.07) is 167. The lowest BCUT2D eigenvalue weighted by Gasteiger charge is -2.16. The number of rotatable bonds is 18. The highest BCUT2D eigenvalue weighted by Gasteiger charge is 2.25. The molecule has 0 fully saturated rings. The second kappa shape index (κ2) is 41.1. The Kier molecular flexibility index (Phi) is 24.9. The highest BCUT2D eigenvalue weighted by atomic mass is 15.0. The van der Waals surface area contributed by atoms with E-state index < -0.39 is 0 Å². The molecule has 27 aromatic rings. The molecule has 0 amide bonds. The molecule has 0 spiro atoms. The molecule has 27 rings (SSSR count). The number of fused-ring (bicyclic) bond motifs is 9. The molecule has 11 aromatic heterocycles. The van der Waals surface area contributed by atoms with E-state index in [9.17, 15) is 0 Å². The predicted molar refractivity (Wildman–Crippen MR) is 611 cm³/mol. The summed E-state index contributed by atoms with van der Waals surface area (Å²) in [5, 5.41) is 10.2. The van der Waals surface area contributed by atoms with Gasteiger partial charge in [0.1, 0.15) is 0 Å². The van der Waals surface area contributed by atoms with Crippen LogP contribution in [0, 0.1) is 0 Å². The van der Waals surface area contributed by atoms with Gasteiger partial charge in [-0.05, 0) is 105 Å². The fourth-order valence-corrected chi connectivity index (χ4v) is 20.1. The van der Waals surface area contributed by atoms with Crippen LogP contribution in [0.1, 0.15) is 0 Å². The molecule has 0 atom stereocenters. The Hall–Kier alpha value is -20.5. The van der Waals surface area contributed by atoms with Crippen LogP contribution in [0.4, 0.5) is 0 Å². The number of para-hydroxylation sites is 3. The lowest BCUT2D eigenvalue weighted by molar-refractivity contribution is 1.07. The summed E-state index contributed by atoms with van der Waals surface area (Å²) in [5.41, 5.74) is 35.0. The van der Waals surface area contributed by atoms with Gasteiger partial charge in [-0.1, -0.05) is 425 Å². The van der Waals surface area contributed by atoms with Crippen LogP contribution in [0.3, 0.4) is 0 Å². The number of hydrogen-bond donors (Lipinski definition) is 0. The normalized spacial score (nSPS) is 11.2. The van der Waals surface area contributed by atoms with Gasteiger partial charge < -0.3 is 0 Å². The Morgan fingerprint density at radius 1 is 0.127 bits per heavy atom. The van der Waals surface area contributed by atoms with E-state index in [1.807, 2.05) is 207 Å². The number of hydrogen-bond acceptors (Lipinski definition) is 14. The molecule has 11 heterocycles. The van der Waals surface area contributed by atoms with Crippen LogP contribution in [0.15, 0.2) is 535 Å². The van der Waals surface area contributed by atoms with Crippen LogP contribution >= 0.6 is 0 Å². The number of nitrogens with zero attached hydrogens (tertiary/aromatic N) is 14. The molecule has 702 valence electrons. The van der Waals surface area contributed by atoms with Crippen LogP contribution in [0.25, 0.3) is 268 Å². The van der Waals surface area contributed by atoms with Crippen LogP contribution < -0.4 is 0 Å². The van der Waals surface area contributed by atoms with Crippen LogP contribution in [0.2, 0.25) is 0 Å². The van der Waals surface area contributed by atoms with Crippen LogP contribution in [0.5, 0.6) is 0 Å². The van der Waals surface area contributed by atoms with E-state index in [-0.39, 0.29) is 0 Å². The van der Waals surface area contributed by atoms with E-state index >= 15 is 0 Å². The maximum atomic E-state index is 5.42. The van der Waals surface area contributed by atoms with Gasteiger partial charge >= 0.3 is 0 Å². The van der Waals surface area contributed by atoms with Gasteiger partial charge in [-0.2, -0.15) is 0 Å². The van der Waals surface area contributed by atoms with E-state index in [2.05, 4.69) is 340 Å². The number of benzene rings is 16. The van der Waals surface area contributed by atoms with Gasteiger partial charge in [0.05, 0.1) is 67.8 Å². The predicted octanol–water partition coefficient (Wildman–Crippen LogP) is 33.5. The van der Waals surface area contributed by atoms with Crippen LogP contribution in [-0.4, -0.2) is 69.8 Å². The summed E-state index contributed by atoms with van der Waals surface area (Å²) in [6.07, 6.45) is 14.8. The molecule has 0 N–H and O–H groups in total. The molecule has 0 saturated carbocycles. The monoisotopic (exact) mass is 1920 g/mol. The van der Waals surface area contributed by atoms with Gasteiger partial charge in [0.15, 0.2) is 23.3 Å². The minimum absolute atomic E-state index is 0.624. The Bertz CT molecular complexity index is 8530. The third-order valence-corrected chi connectivity index (χ3v) is 27.3. The molecule has 14 nitrogen and oxygen atoms in total. The highest BCUT2D eigenvalue weighted by molar-refractivity contribution is 6.22. The Balaban J connectivity index is 0.000000116. The van der Waals surface area contributed by atoms with Crippen molar-refractivity contribution in [3.05, 3.63) is 535 Å². The van der Waals surface area contributed by atoms with E-state index in [0.29, 0.717) is 23.3 Å². The van der Waals surface area contributed by atoms with Crippen molar-refractivity contribution in [3.8, 4) is 203 Å². The van der Waals surface area contributed by atoms with Gasteiger partial charge in [-0.3, -0.25) is 24.9 Å². The Labute approximate surface area is 866 Å². The average molecular weight is 1920 g/mol. The summed E-state index contributed by atoms with van der Waals surface area (Å²) in [4.78, 5) is 68.4. The van der Waals surface area contributed by atoms with E-state index in [1.54, 1.807) is 12.4 Å². The van der Waals surface area contributed by atoms with Crippen LogP contribution in [-0.2, 0) is 0 Å². The fourth-order valence-electron chi connectivity index (χ4n) is 20.1. The fraction of sp³-hybridized carbons (Fsp3) is 0. The number of pyridine rings is 9. The first-order chi connectivity index (χ1) is 74.4. The Morgan fingerprint density at radius 3 is 0.700 bits per heavy atom. The zero-order valence-corrected chi connectivity index (χ0v) is 81.1. The third kappa shape index (κ3) is 18.4. The molecule has 0 aliphatic heterocycles. The van der Waals surface area contributed by atoms with Crippen molar-refractivity contribution < 1.29 is 0 Å². The van der Waals surface area contributed by atoms with E-state index in [0.717, 1.165) is 233 Å². The van der Waals surface area contributed by atoms with Gasteiger partial charge in [0, 0.05) is 182 Å². The first-order valence-electron chi connectivity index (χ1n) is 49.9. The topological polar surface area (TPSA) is 180 Å². The summed E-state index contributed by atoms with van der Waals surface area (Å²) in [5.74, 6) is 2.61. The third-order valence-electron chi connectivity index (χ3n) is 27.3. The molecule has 0 aliphatic carbocycles. The second-order valence-corrected chi connectivity index (χ2v) is 36.5. The number of aromatic nitrogens is 14. The van der Waals surface area contributed by atoms with Crippen molar-refractivity contribution in [1.82, 2.24) is 69.8 Å². The molecule has 150 heavy (non-hydrogen) atoms. The van der Waals surface area contributed by atoms with Gasteiger partial charge in [0.2, 0.25) is 0 Å². The molecule has 0 aliphatic rings. The first-order valence-corrected chi connectivity index (χ1v) is 49.9. The summed E-state index contributed by atoms with van der Waals surface area (Å²) < 4.78 is 0. The van der Waals surface area contributed by atoms with Crippen molar-refractivity contribution in [2.45, 2.75) is 0 Å². The van der Waals surface area contributed by atoms with E-state index in [4.69, 9.17) is 44.9 Å². The molecule has 16 aromatic carbocycles. The van der Waals surface area contributed by atoms with Crippen molar-refractivity contribution in [1.29, 1.82) is 0 Å². The molecular formula is C136H88N14. The Morgan fingerprint density at radius 2 is 0.387 bits per heavy atom. The molecule has 0 bridgehead atoms. The molecule has 14 heteroatoms. The average Bonchev–Trinajstić information content (AvgIpc) is 0.740. The summed E-state index contributed by atoms with van der Waals surface area (Å²) in [7, 11) is 0. The van der Waals surface area contributed by atoms with E-state index in [1.165, 1.54) is 10.8 Å². The quantitative estimate of drug-likeness (QED) is 0.0740. The summed E-state index contributed by atoms with van der Waals surface area (Å²) in [6.45, 7) is 0. The van der Waals surface area contributed by atoms with Crippen molar-refractivity contribution in [2.75, 3.05) is 0 Å². The molecule has 0 unspecified atom stereocenters. The maximum absolute atomic E-state index is 5.42. The second-order valence-electron chi connectivity index (χ2n) is 36.5.